The van der Waals surface area contributed by atoms with Crippen molar-refractivity contribution in [3.05, 3.63) is 65.3 Å². The highest BCUT2D eigenvalue weighted by Crippen LogP contribution is 2.38. The van der Waals surface area contributed by atoms with Gasteiger partial charge in [0.1, 0.15) is 17.0 Å². The molecule has 0 saturated carbocycles. The van der Waals surface area contributed by atoms with Gasteiger partial charge in [0.05, 0.1) is 24.6 Å². The fourth-order valence-corrected chi connectivity index (χ4v) is 4.80. The Morgan fingerprint density at radius 2 is 2.21 bits per heavy atom. The summed E-state index contributed by atoms with van der Waals surface area (Å²) in [5.41, 5.74) is 2.38. The molecule has 28 heavy (non-hydrogen) atoms. The van der Waals surface area contributed by atoms with Crippen LogP contribution in [0, 0.1) is 0 Å². The van der Waals surface area contributed by atoms with E-state index in [2.05, 4.69) is 34.0 Å². The number of benzene rings is 1. The van der Waals surface area contributed by atoms with Crippen molar-refractivity contribution in [2.45, 2.75) is 19.0 Å². The number of anilines is 1. The largest absolute Gasteiger partial charge is 0.382 e. The molecule has 1 aliphatic rings. The van der Waals surface area contributed by atoms with Gasteiger partial charge < -0.3 is 15.0 Å². The molecule has 1 aromatic carbocycles. The third kappa shape index (κ3) is 3.50. The fourth-order valence-electron chi connectivity index (χ4n) is 3.59. The van der Waals surface area contributed by atoms with Crippen LogP contribution in [0.5, 0.6) is 0 Å². The van der Waals surface area contributed by atoms with Crippen molar-refractivity contribution in [2.24, 2.45) is 0 Å². The van der Waals surface area contributed by atoms with Crippen LogP contribution in [0.3, 0.4) is 0 Å². The molecule has 1 aliphatic heterocycles. The van der Waals surface area contributed by atoms with E-state index >= 15 is 0 Å². The van der Waals surface area contributed by atoms with Gasteiger partial charge in [-0.25, -0.2) is 9.97 Å². The number of carbonyl (C=O) groups is 1. The second kappa shape index (κ2) is 8.08. The van der Waals surface area contributed by atoms with Crippen LogP contribution in [0.25, 0.3) is 10.2 Å². The molecule has 6 nitrogen and oxygen atoms in total. The summed E-state index contributed by atoms with van der Waals surface area (Å²) in [4.78, 5) is 24.9. The van der Waals surface area contributed by atoms with Gasteiger partial charge in [0.2, 0.25) is 5.91 Å². The first kappa shape index (κ1) is 18.6. The smallest absolute Gasteiger partial charge is 0.246 e. The average Bonchev–Trinajstić information content (AvgIpc) is 3.12. The van der Waals surface area contributed by atoms with Crippen LogP contribution in [-0.4, -0.2) is 41.0 Å². The van der Waals surface area contributed by atoms with Crippen molar-refractivity contribution in [3.63, 3.8) is 0 Å². The molecule has 0 aliphatic carbocycles. The Hall–Kier alpha value is -2.77. The monoisotopic (exact) mass is 394 g/mol. The van der Waals surface area contributed by atoms with Crippen molar-refractivity contribution in [1.29, 1.82) is 0 Å². The number of hydrogen-bond acceptors (Lipinski definition) is 6. The van der Waals surface area contributed by atoms with E-state index in [9.17, 15) is 4.79 Å². The number of fused-ring (bicyclic) bond motifs is 3. The van der Waals surface area contributed by atoms with Crippen LogP contribution >= 0.6 is 11.3 Å². The van der Waals surface area contributed by atoms with E-state index in [4.69, 9.17) is 4.74 Å². The molecule has 1 N–H and O–H groups in total. The summed E-state index contributed by atoms with van der Waals surface area (Å²) in [7, 11) is 1.70. The molecule has 1 atom stereocenters. The molecule has 144 valence electrons. The Bertz CT molecular complexity index is 1000. The van der Waals surface area contributed by atoms with Crippen molar-refractivity contribution < 1.29 is 9.53 Å². The van der Waals surface area contributed by atoms with Crippen LogP contribution in [0.1, 0.15) is 22.0 Å². The summed E-state index contributed by atoms with van der Waals surface area (Å²) in [6.07, 6.45) is 3.76. The lowest BCUT2D eigenvalue weighted by atomic mass is 10.0. The molecular weight excluding hydrogens is 372 g/mol. The molecule has 1 amide bonds. The normalized spacial score (nSPS) is 14.5. The summed E-state index contributed by atoms with van der Waals surface area (Å²) in [6.45, 7) is 5.40. The number of nitrogens with one attached hydrogen (secondary N) is 1. The summed E-state index contributed by atoms with van der Waals surface area (Å²) in [5.74, 6) is 0.786. The lowest BCUT2D eigenvalue weighted by Gasteiger charge is -2.26. The van der Waals surface area contributed by atoms with E-state index in [0.29, 0.717) is 19.7 Å². The number of methoxy groups -OCH3 is 1. The molecule has 0 fully saturated rings. The minimum Gasteiger partial charge on any atom is -0.382 e. The standard InChI is InChI=1S/C21H22N4O2S/c1-3-18(26)25-10-9-15-17(11-25)28-21-19(15)20(22-13-23-21)24-16(12-27-2)14-7-5-4-6-8-14/h3-8,13,16H,1,9-12H2,2H3,(H,22,23,24). The van der Waals surface area contributed by atoms with Gasteiger partial charge in [-0.3, -0.25) is 4.79 Å². The van der Waals surface area contributed by atoms with Gasteiger partial charge in [-0.05, 0) is 23.6 Å². The molecule has 2 aromatic heterocycles. The molecule has 0 saturated heterocycles. The minimum absolute atomic E-state index is 0.0118. The van der Waals surface area contributed by atoms with Gasteiger partial charge in [0.25, 0.3) is 0 Å². The minimum atomic E-state index is -0.0308. The third-order valence-electron chi connectivity index (χ3n) is 4.97. The number of carbonyl (C=O) groups excluding carboxylic acids is 1. The van der Waals surface area contributed by atoms with Gasteiger partial charge in [-0.15, -0.1) is 11.3 Å². The zero-order valence-corrected chi connectivity index (χ0v) is 16.5. The summed E-state index contributed by atoms with van der Waals surface area (Å²) < 4.78 is 5.43. The third-order valence-corrected chi connectivity index (χ3v) is 6.09. The van der Waals surface area contributed by atoms with Crippen LogP contribution in [-0.2, 0) is 22.5 Å². The molecule has 0 bridgehead atoms. The van der Waals surface area contributed by atoms with E-state index in [1.807, 2.05) is 23.1 Å². The number of thiophene rings is 1. The maximum atomic E-state index is 12.0. The van der Waals surface area contributed by atoms with Crippen molar-refractivity contribution in [3.8, 4) is 0 Å². The first-order valence-electron chi connectivity index (χ1n) is 9.18. The van der Waals surface area contributed by atoms with Crippen LogP contribution in [0.2, 0.25) is 0 Å². The Balaban J connectivity index is 1.69. The molecule has 0 spiro atoms. The Morgan fingerprint density at radius 1 is 1.39 bits per heavy atom. The van der Waals surface area contributed by atoms with E-state index in [1.54, 1.807) is 24.8 Å². The van der Waals surface area contributed by atoms with E-state index in [-0.39, 0.29) is 11.9 Å². The second-order valence-electron chi connectivity index (χ2n) is 6.68. The van der Waals surface area contributed by atoms with Crippen molar-refractivity contribution in [1.82, 2.24) is 14.9 Å². The Morgan fingerprint density at radius 3 is 2.96 bits per heavy atom. The first-order chi connectivity index (χ1) is 13.7. The highest BCUT2D eigenvalue weighted by Gasteiger charge is 2.26. The average molecular weight is 395 g/mol. The zero-order chi connectivity index (χ0) is 19.5. The van der Waals surface area contributed by atoms with Gasteiger partial charge in [0, 0.05) is 18.5 Å². The lowest BCUT2D eigenvalue weighted by molar-refractivity contribution is -0.126. The fraction of sp³-hybridized carbons (Fsp3) is 0.286. The summed E-state index contributed by atoms with van der Waals surface area (Å²) in [5, 5.41) is 4.61. The SMILES string of the molecule is C=CC(=O)N1CCc2c(sc3ncnc(NC(COC)c4ccccc4)c23)C1. The lowest BCUT2D eigenvalue weighted by Crippen LogP contribution is -2.34. The maximum Gasteiger partial charge on any atom is 0.246 e. The molecule has 7 heteroatoms. The van der Waals surface area contributed by atoms with E-state index in [0.717, 1.165) is 28.0 Å². The second-order valence-corrected chi connectivity index (χ2v) is 7.77. The highest BCUT2D eigenvalue weighted by molar-refractivity contribution is 7.19. The molecule has 4 rings (SSSR count). The Labute approximate surface area is 167 Å². The predicted molar refractivity (Wildman–Crippen MR) is 111 cm³/mol. The van der Waals surface area contributed by atoms with Crippen molar-refractivity contribution >= 4 is 33.3 Å². The van der Waals surface area contributed by atoms with Gasteiger partial charge >= 0.3 is 0 Å². The van der Waals surface area contributed by atoms with E-state index in [1.165, 1.54) is 16.5 Å². The number of rotatable bonds is 6. The Kier molecular flexibility index (Phi) is 5.36. The summed E-state index contributed by atoms with van der Waals surface area (Å²) >= 11 is 1.63. The van der Waals surface area contributed by atoms with Crippen LogP contribution in [0.4, 0.5) is 5.82 Å². The van der Waals surface area contributed by atoms with Crippen LogP contribution < -0.4 is 5.32 Å². The predicted octanol–water partition coefficient (Wildman–Crippen LogP) is 3.56. The van der Waals surface area contributed by atoms with Gasteiger partial charge in [-0.1, -0.05) is 36.9 Å². The van der Waals surface area contributed by atoms with Crippen molar-refractivity contribution in [2.75, 3.05) is 25.6 Å². The van der Waals surface area contributed by atoms with Gasteiger partial charge in [-0.2, -0.15) is 0 Å². The number of ether oxygens (including phenoxy) is 1. The highest BCUT2D eigenvalue weighted by atomic mass is 32.1. The quantitative estimate of drug-likeness (QED) is 0.648. The number of amides is 1. The van der Waals surface area contributed by atoms with Gasteiger partial charge in [0.15, 0.2) is 0 Å². The number of nitrogens with zero attached hydrogens (tertiary/aromatic N) is 3. The molecule has 1 unspecified atom stereocenters. The summed E-state index contributed by atoms with van der Waals surface area (Å²) in [6, 6.07) is 10.2. The number of hydrogen-bond donors (Lipinski definition) is 1. The number of aromatic nitrogens is 2. The molecule has 3 aromatic rings. The molecule has 3 heterocycles. The van der Waals surface area contributed by atoms with Crippen LogP contribution in [0.15, 0.2) is 49.3 Å². The first-order valence-corrected chi connectivity index (χ1v) is 10.00. The zero-order valence-electron chi connectivity index (χ0n) is 15.7. The molecule has 0 radical (unpaired) electrons. The maximum absolute atomic E-state index is 12.0. The molecular formula is C21H22N4O2S. The van der Waals surface area contributed by atoms with E-state index < -0.39 is 0 Å². The topological polar surface area (TPSA) is 67.4 Å².